The minimum absolute atomic E-state index is 0.0909. The summed E-state index contributed by atoms with van der Waals surface area (Å²) in [5, 5.41) is 50.1. The van der Waals surface area contributed by atoms with Crippen LogP contribution in [-0.2, 0) is 32.7 Å². The van der Waals surface area contributed by atoms with Crippen LogP contribution in [0.25, 0.3) is 0 Å². The molecule has 8 atom stereocenters. The minimum atomic E-state index is -5.12. The van der Waals surface area contributed by atoms with Crippen molar-refractivity contribution in [1.29, 1.82) is 0 Å². The lowest BCUT2D eigenvalue weighted by Gasteiger charge is -2.41. The van der Waals surface area contributed by atoms with E-state index < -0.39 is 75.7 Å². The van der Waals surface area contributed by atoms with Crippen molar-refractivity contribution in [3.05, 3.63) is 48.6 Å². The monoisotopic (exact) mass is 873 g/mol. The number of ether oxygens (including phenoxy) is 2. The van der Waals surface area contributed by atoms with E-state index in [0.717, 1.165) is 70.6 Å². The van der Waals surface area contributed by atoms with Gasteiger partial charge in [0.05, 0.1) is 6.61 Å². The highest BCUT2D eigenvalue weighted by molar-refractivity contribution is 7.47. The van der Waals surface area contributed by atoms with Gasteiger partial charge >= 0.3 is 19.8 Å². The van der Waals surface area contributed by atoms with Gasteiger partial charge < -0.3 is 39.9 Å². The molecule has 13 nitrogen and oxygen atoms in total. The molecule has 1 rings (SSSR count). The summed E-state index contributed by atoms with van der Waals surface area (Å²) in [5.41, 5.74) is 0. The van der Waals surface area contributed by atoms with Crippen LogP contribution in [0.15, 0.2) is 48.6 Å². The molecule has 0 aliphatic heterocycles. The van der Waals surface area contributed by atoms with Crippen molar-refractivity contribution in [2.45, 2.75) is 217 Å². The molecule has 0 saturated heterocycles. The van der Waals surface area contributed by atoms with Gasteiger partial charge in [0.15, 0.2) is 6.10 Å². The van der Waals surface area contributed by atoms with Gasteiger partial charge in [-0.2, -0.15) is 0 Å². The van der Waals surface area contributed by atoms with E-state index in [4.69, 9.17) is 18.5 Å². The molecule has 0 aromatic rings. The van der Waals surface area contributed by atoms with Crippen LogP contribution in [0.2, 0.25) is 0 Å². The fraction of sp³-hybridized carbons (Fsp3) is 0.783. The smallest absolute Gasteiger partial charge is 0.462 e. The zero-order valence-electron chi connectivity index (χ0n) is 36.7. The molecule has 60 heavy (non-hydrogen) atoms. The highest BCUT2D eigenvalue weighted by Crippen LogP contribution is 2.47. The molecule has 0 bridgehead atoms. The lowest BCUT2D eigenvalue weighted by Crippen LogP contribution is -2.64. The predicted molar refractivity (Wildman–Crippen MR) is 235 cm³/mol. The van der Waals surface area contributed by atoms with Gasteiger partial charge in [-0.3, -0.25) is 18.6 Å². The van der Waals surface area contributed by atoms with Gasteiger partial charge in [0.25, 0.3) is 0 Å². The number of carbonyl (C=O) groups is 2. The molecule has 14 heteroatoms. The number of aliphatic hydroxyl groups excluding tert-OH is 5. The minimum Gasteiger partial charge on any atom is -0.462 e. The van der Waals surface area contributed by atoms with E-state index in [9.17, 15) is 44.6 Å². The van der Waals surface area contributed by atoms with Crippen molar-refractivity contribution in [2.75, 3.05) is 13.2 Å². The fourth-order valence-electron chi connectivity index (χ4n) is 6.69. The summed E-state index contributed by atoms with van der Waals surface area (Å²) >= 11 is 0. The molecule has 0 heterocycles. The Morgan fingerprint density at radius 3 is 1.43 bits per heavy atom. The fourth-order valence-corrected chi connectivity index (χ4v) is 7.66. The van der Waals surface area contributed by atoms with Crippen LogP contribution >= 0.6 is 7.82 Å². The number of carbonyl (C=O) groups excluding carboxylic acids is 2. The lowest BCUT2D eigenvalue weighted by molar-refractivity contribution is -0.220. The van der Waals surface area contributed by atoms with Crippen LogP contribution in [0, 0.1) is 0 Å². The zero-order valence-corrected chi connectivity index (χ0v) is 37.6. The van der Waals surface area contributed by atoms with Crippen LogP contribution in [-0.4, -0.2) is 98.3 Å². The van der Waals surface area contributed by atoms with E-state index in [1.807, 2.05) is 0 Å². The number of esters is 2. The maximum Gasteiger partial charge on any atom is 0.472 e. The molecular weight excluding hydrogens is 791 g/mol. The number of phosphoric ester groups is 1. The number of hydrogen-bond acceptors (Lipinski definition) is 12. The summed E-state index contributed by atoms with van der Waals surface area (Å²) < 4.78 is 33.5. The van der Waals surface area contributed by atoms with Gasteiger partial charge in [-0.15, -0.1) is 0 Å². The summed E-state index contributed by atoms with van der Waals surface area (Å²) in [4.78, 5) is 35.7. The third kappa shape index (κ3) is 28.4. The third-order valence-corrected chi connectivity index (χ3v) is 11.4. The van der Waals surface area contributed by atoms with Gasteiger partial charge in [-0.05, 0) is 51.4 Å². The van der Waals surface area contributed by atoms with Crippen molar-refractivity contribution < 1.29 is 63.1 Å². The molecule has 6 unspecified atom stereocenters. The van der Waals surface area contributed by atoms with E-state index >= 15 is 0 Å². The van der Waals surface area contributed by atoms with Gasteiger partial charge in [0, 0.05) is 12.8 Å². The van der Waals surface area contributed by atoms with Gasteiger partial charge in [0.1, 0.15) is 43.2 Å². The maximum atomic E-state index is 12.8. The van der Waals surface area contributed by atoms with Crippen molar-refractivity contribution >= 4 is 19.8 Å². The predicted octanol–water partition coefficient (Wildman–Crippen LogP) is 8.78. The largest absolute Gasteiger partial charge is 0.472 e. The zero-order chi connectivity index (χ0) is 44.3. The van der Waals surface area contributed by atoms with Crippen molar-refractivity contribution in [3.63, 3.8) is 0 Å². The van der Waals surface area contributed by atoms with Crippen LogP contribution in [0.3, 0.4) is 0 Å². The topological polar surface area (TPSA) is 210 Å². The summed E-state index contributed by atoms with van der Waals surface area (Å²) in [6.07, 6.45) is 28.8. The SMILES string of the molecule is CCC/C=C/C/C=C/C/C=C/C/C=C/CCCCCC(=O)OC[C@@H](COP(=O)(O)OC1C(O)C(O)C(O)[C@H](O)C1O)OC(=O)CCCCCCCCCCCCCCCC. The van der Waals surface area contributed by atoms with E-state index in [-0.39, 0.29) is 12.8 Å². The standard InChI is InChI=1S/C46H81O13P/c1-3-5-7-9-11-13-15-17-19-20-21-23-24-26-28-30-32-34-39(47)56-36-38(37-57-60(54,55)59-46-44(52)42(50)41(49)43(51)45(46)53)58-40(48)35-33-31-29-27-25-22-18-16-14-12-10-8-6-4-2/h7,9,13,15,19-20,23-24,38,41-46,49-53H,3-6,8,10-12,14,16-18,21-22,25-37H2,1-2H3,(H,54,55)/b9-7+,15-13+,20-19+,24-23+/t38-,41?,42-,43?,44?,45?,46?/m0/s1. The molecular formula is C46H81O13P. The molecule has 0 aromatic carbocycles. The van der Waals surface area contributed by atoms with E-state index in [1.165, 1.54) is 64.2 Å². The average molecular weight is 873 g/mol. The summed E-state index contributed by atoms with van der Waals surface area (Å²) in [7, 11) is -5.12. The first-order valence-corrected chi connectivity index (χ1v) is 24.4. The lowest BCUT2D eigenvalue weighted by atomic mass is 9.85. The highest BCUT2D eigenvalue weighted by Gasteiger charge is 2.51. The Morgan fingerprint density at radius 1 is 0.517 bits per heavy atom. The van der Waals surface area contributed by atoms with Crippen LogP contribution in [0.5, 0.6) is 0 Å². The third-order valence-electron chi connectivity index (χ3n) is 10.4. The molecule has 0 spiro atoms. The molecule has 0 radical (unpaired) electrons. The van der Waals surface area contributed by atoms with E-state index in [1.54, 1.807) is 0 Å². The molecule has 0 amide bonds. The molecule has 348 valence electrons. The number of allylic oxidation sites excluding steroid dienone is 8. The van der Waals surface area contributed by atoms with E-state index in [0.29, 0.717) is 12.8 Å². The van der Waals surface area contributed by atoms with Crippen molar-refractivity contribution in [3.8, 4) is 0 Å². The Balaban J connectivity index is 2.49. The summed E-state index contributed by atoms with van der Waals surface area (Å²) in [6.45, 7) is 3.20. The Morgan fingerprint density at radius 2 is 0.933 bits per heavy atom. The first kappa shape index (κ1) is 55.8. The number of unbranched alkanes of at least 4 members (excludes halogenated alkanes) is 17. The first-order chi connectivity index (χ1) is 28.9. The quantitative estimate of drug-likeness (QED) is 0.0149. The molecule has 6 N–H and O–H groups in total. The van der Waals surface area contributed by atoms with Gasteiger partial charge in [-0.25, -0.2) is 4.57 Å². The second-order valence-electron chi connectivity index (χ2n) is 15.9. The molecule has 1 aliphatic rings. The number of phosphoric acid groups is 1. The van der Waals surface area contributed by atoms with Gasteiger partial charge in [-0.1, -0.05) is 159 Å². The first-order valence-electron chi connectivity index (χ1n) is 22.9. The molecule has 0 aromatic heterocycles. The second kappa shape index (κ2) is 36.3. The van der Waals surface area contributed by atoms with Crippen molar-refractivity contribution in [1.82, 2.24) is 0 Å². The van der Waals surface area contributed by atoms with Gasteiger partial charge in [0.2, 0.25) is 0 Å². The van der Waals surface area contributed by atoms with Crippen molar-refractivity contribution in [2.24, 2.45) is 0 Å². The normalized spacial score (nSPS) is 22.6. The van der Waals surface area contributed by atoms with Crippen LogP contribution < -0.4 is 0 Å². The van der Waals surface area contributed by atoms with E-state index in [2.05, 4.69) is 62.5 Å². The second-order valence-corrected chi connectivity index (χ2v) is 17.3. The number of aliphatic hydroxyl groups is 5. The van der Waals surface area contributed by atoms with Crippen LogP contribution in [0.4, 0.5) is 0 Å². The number of rotatable bonds is 37. The Labute approximate surface area is 360 Å². The highest BCUT2D eigenvalue weighted by atomic mass is 31.2. The average Bonchev–Trinajstić information content (AvgIpc) is 3.23. The van der Waals surface area contributed by atoms with Crippen LogP contribution in [0.1, 0.15) is 174 Å². The Hall–Kier alpha value is -2.19. The Bertz CT molecular complexity index is 1240. The maximum absolute atomic E-state index is 12.8. The Kier molecular flexibility index (Phi) is 33.8. The summed E-state index contributed by atoms with van der Waals surface area (Å²) in [5.74, 6) is -1.13. The molecule has 1 aliphatic carbocycles. The number of hydrogen-bond donors (Lipinski definition) is 6. The summed E-state index contributed by atoms with van der Waals surface area (Å²) in [6, 6.07) is 0. The molecule has 1 saturated carbocycles. The molecule has 1 fully saturated rings.